The van der Waals surface area contributed by atoms with E-state index in [1.165, 1.54) is 0 Å². The Hall–Kier alpha value is -1.33. The van der Waals surface area contributed by atoms with Crippen LogP contribution in [0.5, 0.6) is 0 Å². The molecule has 0 aliphatic heterocycles. The first-order valence-corrected chi connectivity index (χ1v) is 2.33. The third-order valence-electron chi connectivity index (χ3n) is 0.750. The third kappa shape index (κ3) is 2.85. The lowest BCUT2D eigenvalue weighted by Gasteiger charge is -2.08. The Labute approximate surface area is 55.9 Å². The van der Waals surface area contributed by atoms with Gasteiger partial charge in [0, 0.05) is 11.6 Å². The molecule has 0 aromatic carbocycles. The van der Waals surface area contributed by atoms with E-state index in [1.54, 1.807) is 0 Å². The monoisotopic (exact) mass is 151 g/mol. The van der Waals surface area contributed by atoms with E-state index in [9.17, 15) is 14.1 Å². The van der Waals surface area contributed by atoms with Crippen molar-refractivity contribution in [2.75, 3.05) is 13.6 Å². The minimum absolute atomic E-state index is 0.581. The molecule has 0 rings (SSSR count). The summed E-state index contributed by atoms with van der Waals surface area (Å²) >= 11 is 0. The minimum atomic E-state index is -1.32. The summed E-state index contributed by atoms with van der Waals surface area (Å²) in [6.45, 7) is -0.581. The standard InChI is InChI=1S/C4H6FNO4/c1-6(2-3(7)8)4(9)10-5/h2H2,1H3,(H,7,8). The molecule has 0 fully saturated rings. The number of carboxylic acid groups (broad SMARTS) is 1. The maximum absolute atomic E-state index is 11.0. The molecule has 0 radical (unpaired) electrons. The van der Waals surface area contributed by atoms with Gasteiger partial charge in [-0.25, -0.2) is 9.74 Å². The van der Waals surface area contributed by atoms with Gasteiger partial charge in [0.15, 0.2) is 0 Å². The Kier molecular flexibility index (Phi) is 3.16. The van der Waals surface area contributed by atoms with Gasteiger partial charge in [0.25, 0.3) is 0 Å². The molecule has 5 nitrogen and oxygen atoms in total. The average Bonchev–Trinajstić information content (AvgIpc) is 1.85. The molecule has 1 amide bonds. The van der Waals surface area contributed by atoms with Crippen molar-refractivity contribution in [1.82, 2.24) is 4.90 Å². The zero-order valence-electron chi connectivity index (χ0n) is 5.20. The summed E-state index contributed by atoms with van der Waals surface area (Å²) in [6.07, 6.45) is -1.32. The van der Waals surface area contributed by atoms with E-state index < -0.39 is 18.6 Å². The largest absolute Gasteiger partial charge is 0.480 e. The number of hydrogen-bond donors (Lipinski definition) is 1. The predicted octanol–water partition coefficient (Wildman–Crippen LogP) is 0.0239. The number of halogens is 1. The molecular weight excluding hydrogens is 145 g/mol. The molecule has 58 valence electrons. The third-order valence-corrected chi connectivity index (χ3v) is 0.750. The number of aliphatic carboxylic acids is 1. The molecule has 10 heavy (non-hydrogen) atoms. The zero-order valence-corrected chi connectivity index (χ0v) is 5.20. The van der Waals surface area contributed by atoms with Gasteiger partial charge in [-0.05, 0) is 0 Å². The first-order valence-electron chi connectivity index (χ1n) is 2.33. The van der Waals surface area contributed by atoms with Crippen molar-refractivity contribution in [3.05, 3.63) is 0 Å². The summed E-state index contributed by atoms with van der Waals surface area (Å²) in [7, 11) is 1.11. The molecule has 0 unspecified atom stereocenters. The fourth-order valence-electron chi connectivity index (χ4n) is 0.326. The van der Waals surface area contributed by atoms with Gasteiger partial charge in [-0.1, -0.05) is 0 Å². The Balaban J connectivity index is 3.72. The van der Waals surface area contributed by atoms with Crippen molar-refractivity contribution in [2.24, 2.45) is 0 Å². The van der Waals surface area contributed by atoms with Crippen molar-refractivity contribution in [3.63, 3.8) is 0 Å². The normalized spacial score (nSPS) is 8.60. The first-order chi connectivity index (χ1) is 4.57. The van der Waals surface area contributed by atoms with Crippen LogP contribution in [-0.4, -0.2) is 35.7 Å². The summed E-state index contributed by atoms with van der Waals surface area (Å²) in [5.41, 5.74) is 0. The quantitative estimate of drug-likeness (QED) is 0.604. The van der Waals surface area contributed by atoms with E-state index in [0.29, 0.717) is 4.90 Å². The number of likely N-dealkylation sites (N-methyl/N-ethyl adjacent to an activating group) is 1. The zero-order chi connectivity index (χ0) is 8.15. The Bertz CT molecular complexity index is 148. The molecule has 0 spiro atoms. The first kappa shape index (κ1) is 8.67. The highest BCUT2D eigenvalue weighted by molar-refractivity contribution is 5.76. The van der Waals surface area contributed by atoms with Gasteiger partial charge in [0.05, 0.1) is 0 Å². The van der Waals surface area contributed by atoms with Crippen molar-refractivity contribution in [1.29, 1.82) is 0 Å². The lowest BCUT2D eigenvalue weighted by Crippen LogP contribution is -2.30. The predicted molar refractivity (Wildman–Crippen MR) is 27.9 cm³/mol. The van der Waals surface area contributed by atoms with Gasteiger partial charge in [0.2, 0.25) is 0 Å². The van der Waals surface area contributed by atoms with Crippen LogP contribution in [0, 0.1) is 0 Å². The molecule has 0 saturated carbocycles. The van der Waals surface area contributed by atoms with Crippen LogP contribution < -0.4 is 0 Å². The molecule has 0 bridgehead atoms. The Morgan fingerprint density at radius 3 is 2.50 bits per heavy atom. The SMILES string of the molecule is CN(CC(=O)O)C(=O)OF. The van der Waals surface area contributed by atoms with Gasteiger partial charge < -0.3 is 5.11 Å². The van der Waals surface area contributed by atoms with Crippen molar-refractivity contribution in [3.8, 4) is 0 Å². The van der Waals surface area contributed by atoms with Gasteiger partial charge in [-0.2, -0.15) is 0 Å². The second-order valence-electron chi connectivity index (χ2n) is 1.59. The number of carbonyl (C=O) groups excluding carboxylic acids is 1. The van der Waals surface area contributed by atoms with Crippen LogP contribution in [0.4, 0.5) is 9.32 Å². The van der Waals surface area contributed by atoms with E-state index in [0.717, 1.165) is 7.05 Å². The van der Waals surface area contributed by atoms with Crippen LogP contribution in [0.25, 0.3) is 0 Å². The maximum atomic E-state index is 11.0. The van der Waals surface area contributed by atoms with Gasteiger partial charge in [0.1, 0.15) is 6.54 Å². The van der Waals surface area contributed by atoms with Crippen molar-refractivity contribution >= 4 is 12.1 Å². The maximum Gasteiger partial charge on any atom is 0.447 e. The second-order valence-corrected chi connectivity index (χ2v) is 1.59. The van der Waals surface area contributed by atoms with E-state index in [2.05, 4.69) is 4.94 Å². The van der Waals surface area contributed by atoms with E-state index in [-0.39, 0.29) is 0 Å². The van der Waals surface area contributed by atoms with Crippen molar-refractivity contribution < 1.29 is 24.2 Å². The minimum Gasteiger partial charge on any atom is -0.480 e. The van der Waals surface area contributed by atoms with Gasteiger partial charge >= 0.3 is 12.1 Å². The number of hydrogen-bond acceptors (Lipinski definition) is 3. The molecular formula is C4H6FNO4. The smallest absolute Gasteiger partial charge is 0.447 e. The van der Waals surface area contributed by atoms with Crippen molar-refractivity contribution in [2.45, 2.75) is 0 Å². The highest BCUT2D eigenvalue weighted by Crippen LogP contribution is 1.88. The number of amides is 1. The summed E-state index contributed by atoms with van der Waals surface area (Å²) < 4.78 is 11.0. The van der Waals surface area contributed by atoms with E-state index >= 15 is 0 Å². The van der Waals surface area contributed by atoms with Gasteiger partial charge in [-0.3, -0.25) is 9.69 Å². The number of carboxylic acids is 1. The van der Waals surface area contributed by atoms with Crippen LogP contribution in [0.15, 0.2) is 0 Å². The van der Waals surface area contributed by atoms with Crippen LogP contribution in [-0.2, 0) is 9.74 Å². The molecule has 0 atom stereocenters. The van der Waals surface area contributed by atoms with Gasteiger partial charge in [-0.15, -0.1) is 0 Å². The average molecular weight is 151 g/mol. The highest BCUT2D eigenvalue weighted by atomic mass is 19.3. The molecule has 0 saturated heterocycles. The van der Waals surface area contributed by atoms with Crippen LogP contribution in [0.2, 0.25) is 0 Å². The highest BCUT2D eigenvalue weighted by Gasteiger charge is 2.12. The summed E-state index contributed by atoms with van der Waals surface area (Å²) in [5, 5.41) is 8.06. The van der Waals surface area contributed by atoms with E-state index in [4.69, 9.17) is 5.11 Å². The molecule has 6 heteroatoms. The fourth-order valence-corrected chi connectivity index (χ4v) is 0.326. The molecule has 1 N–H and O–H groups in total. The summed E-state index contributed by atoms with van der Waals surface area (Å²) in [6, 6.07) is 0. The number of rotatable bonds is 2. The Morgan fingerprint density at radius 2 is 2.20 bits per heavy atom. The second kappa shape index (κ2) is 3.65. The topological polar surface area (TPSA) is 66.8 Å². The molecule has 0 aliphatic carbocycles. The molecule has 0 aromatic rings. The lowest BCUT2D eigenvalue weighted by molar-refractivity contribution is -0.138. The van der Waals surface area contributed by atoms with Crippen LogP contribution >= 0.6 is 0 Å². The number of carbonyl (C=O) groups is 2. The van der Waals surface area contributed by atoms with Crippen LogP contribution in [0.3, 0.4) is 0 Å². The number of nitrogens with zero attached hydrogens (tertiary/aromatic N) is 1. The molecule has 0 heterocycles. The summed E-state index contributed by atoms with van der Waals surface area (Å²) in [4.78, 5) is 23.3. The Morgan fingerprint density at radius 1 is 1.70 bits per heavy atom. The molecule has 0 aliphatic rings. The lowest BCUT2D eigenvalue weighted by atomic mass is 10.6. The van der Waals surface area contributed by atoms with E-state index in [1.807, 2.05) is 0 Å². The summed E-state index contributed by atoms with van der Waals surface area (Å²) in [5.74, 6) is -1.23. The molecule has 0 aromatic heterocycles. The van der Waals surface area contributed by atoms with Crippen LogP contribution in [0.1, 0.15) is 0 Å². The fraction of sp³-hybridized carbons (Fsp3) is 0.500.